The van der Waals surface area contributed by atoms with E-state index in [0.29, 0.717) is 18.8 Å². The van der Waals surface area contributed by atoms with Gasteiger partial charge in [0.1, 0.15) is 9.84 Å². The summed E-state index contributed by atoms with van der Waals surface area (Å²) in [5.74, 6) is 0.908. The zero-order valence-electron chi connectivity index (χ0n) is 9.70. The van der Waals surface area contributed by atoms with Crippen molar-refractivity contribution in [3.8, 4) is 0 Å². The van der Waals surface area contributed by atoms with E-state index >= 15 is 0 Å². The van der Waals surface area contributed by atoms with Crippen molar-refractivity contribution < 1.29 is 13.5 Å². The molecule has 0 radical (unpaired) electrons. The molecule has 90 valence electrons. The molecule has 0 aliphatic heterocycles. The Morgan fingerprint density at radius 2 is 1.87 bits per heavy atom. The van der Waals surface area contributed by atoms with Gasteiger partial charge in [-0.25, -0.2) is 8.42 Å². The topological polar surface area (TPSA) is 54.4 Å². The van der Waals surface area contributed by atoms with Gasteiger partial charge in [-0.15, -0.1) is 0 Å². The highest BCUT2D eigenvalue weighted by Gasteiger charge is 2.31. The monoisotopic (exact) mass is 234 g/mol. The summed E-state index contributed by atoms with van der Waals surface area (Å²) in [6.07, 6.45) is 6.26. The first-order valence-corrected chi connectivity index (χ1v) is 7.77. The van der Waals surface area contributed by atoms with E-state index in [0.717, 1.165) is 25.7 Å². The molecule has 1 aliphatic rings. The third-order valence-electron chi connectivity index (χ3n) is 3.36. The Labute approximate surface area is 92.8 Å². The number of hydrogen-bond acceptors (Lipinski definition) is 3. The van der Waals surface area contributed by atoms with E-state index in [4.69, 9.17) is 0 Å². The molecule has 4 heteroatoms. The van der Waals surface area contributed by atoms with Crippen molar-refractivity contribution in [1.82, 2.24) is 0 Å². The Hall–Kier alpha value is -0.0900. The average Bonchev–Trinajstić information content (AvgIpc) is 2.09. The van der Waals surface area contributed by atoms with Crippen molar-refractivity contribution in [2.75, 3.05) is 12.0 Å². The van der Waals surface area contributed by atoms with Gasteiger partial charge in [0.2, 0.25) is 0 Å². The lowest BCUT2D eigenvalue weighted by Crippen LogP contribution is -2.33. The van der Waals surface area contributed by atoms with Crippen LogP contribution in [0.5, 0.6) is 0 Å². The van der Waals surface area contributed by atoms with E-state index < -0.39 is 15.4 Å². The zero-order chi connectivity index (χ0) is 11.5. The van der Waals surface area contributed by atoms with Gasteiger partial charge in [-0.1, -0.05) is 6.92 Å². The number of rotatable bonds is 4. The molecule has 1 saturated carbocycles. The minimum absolute atomic E-state index is 0.199. The molecule has 0 aromatic heterocycles. The Morgan fingerprint density at radius 1 is 1.33 bits per heavy atom. The molecular weight excluding hydrogens is 212 g/mol. The van der Waals surface area contributed by atoms with Crippen molar-refractivity contribution in [3.63, 3.8) is 0 Å². The summed E-state index contributed by atoms with van der Waals surface area (Å²) in [5, 5.41) is 10.2. The molecule has 0 unspecified atom stereocenters. The molecule has 0 atom stereocenters. The van der Waals surface area contributed by atoms with Gasteiger partial charge >= 0.3 is 0 Å². The maximum Gasteiger partial charge on any atom is 0.147 e. The van der Waals surface area contributed by atoms with Crippen molar-refractivity contribution in [2.45, 2.75) is 51.0 Å². The lowest BCUT2D eigenvalue weighted by atomic mass is 9.77. The van der Waals surface area contributed by atoms with Crippen LogP contribution in [-0.2, 0) is 9.84 Å². The molecule has 0 aromatic rings. The Bertz CT molecular complexity index is 287. The minimum atomic E-state index is -2.87. The van der Waals surface area contributed by atoms with Gasteiger partial charge < -0.3 is 5.11 Å². The van der Waals surface area contributed by atoms with Crippen LogP contribution in [0.4, 0.5) is 0 Å². The molecule has 3 nitrogen and oxygen atoms in total. The quantitative estimate of drug-likeness (QED) is 0.806. The third kappa shape index (κ3) is 4.98. The smallest absolute Gasteiger partial charge is 0.147 e. The number of sulfone groups is 1. The fraction of sp³-hybridized carbons (Fsp3) is 1.00. The number of aliphatic hydroxyl groups is 1. The highest BCUT2D eigenvalue weighted by atomic mass is 32.2. The average molecular weight is 234 g/mol. The van der Waals surface area contributed by atoms with Gasteiger partial charge in [0.25, 0.3) is 0 Å². The van der Waals surface area contributed by atoms with Crippen LogP contribution >= 0.6 is 0 Å². The van der Waals surface area contributed by atoms with E-state index in [1.54, 1.807) is 0 Å². The van der Waals surface area contributed by atoms with Gasteiger partial charge in [0, 0.05) is 12.0 Å². The summed E-state index contributed by atoms with van der Waals surface area (Å²) in [5.41, 5.74) is -0.586. The highest BCUT2D eigenvalue weighted by Crippen LogP contribution is 2.34. The van der Waals surface area contributed by atoms with Crippen LogP contribution in [0.3, 0.4) is 0 Å². The van der Waals surface area contributed by atoms with Crippen LogP contribution in [0.2, 0.25) is 0 Å². The first kappa shape index (κ1) is 13.0. The van der Waals surface area contributed by atoms with Crippen LogP contribution in [0, 0.1) is 5.92 Å². The lowest BCUT2D eigenvalue weighted by Gasteiger charge is -2.34. The minimum Gasteiger partial charge on any atom is -0.390 e. The molecule has 0 amide bonds. The molecule has 1 aliphatic carbocycles. The maximum absolute atomic E-state index is 10.9. The summed E-state index contributed by atoms with van der Waals surface area (Å²) in [6, 6.07) is 0. The van der Waals surface area contributed by atoms with Crippen molar-refractivity contribution in [3.05, 3.63) is 0 Å². The molecule has 1 rings (SSSR count). The van der Waals surface area contributed by atoms with E-state index in [-0.39, 0.29) is 5.75 Å². The van der Waals surface area contributed by atoms with Crippen LogP contribution in [0.25, 0.3) is 0 Å². The van der Waals surface area contributed by atoms with E-state index in [9.17, 15) is 13.5 Å². The Morgan fingerprint density at radius 3 is 2.33 bits per heavy atom. The highest BCUT2D eigenvalue weighted by molar-refractivity contribution is 7.90. The van der Waals surface area contributed by atoms with Crippen molar-refractivity contribution in [2.24, 2.45) is 5.92 Å². The van der Waals surface area contributed by atoms with E-state index in [2.05, 4.69) is 6.92 Å². The van der Waals surface area contributed by atoms with Gasteiger partial charge in [-0.3, -0.25) is 0 Å². The Balaban J connectivity index is 2.31. The van der Waals surface area contributed by atoms with E-state index in [1.807, 2.05) is 0 Å². The second kappa shape index (κ2) is 4.83. The zero-order valence-corrected chi connectivity index (χ0v) is 10.5. The summed E-state index contributed by atoms with van der Waals surface area (Å²) >= 11 is 0. The lowest BCUT2D eigenvalue weighted by molar-refractivity contribution is -0.0148. The summed E-state index contributed by atoms with van der Waals surface area (Å²) in [7, 11) is -2.87. The van der Waals surface area contributed by atoms with Crippen LogP contribution in [-0.4, -0.2) is 31.1 Å². The maximum atomic E-state index is 10.9. The van der Waals surface area contributed by atoms with Gasteiger partial charge in [0.05, 0.1) is 5.60 Å². The summed E-state index contributed by atoms with van der Waals surface area (Å²) < 4.78 is 21.9. The fourth-order valence-corrected chi connectivity index (χ4v) is 2.88. The molecule has 1 fully saturated rings. The SMILES string of the molecule is CC1CCC(O)(CCCS(C)(=O)=O)CC1. The Kier molecular flexibility index (Phi) is 4.18. The second-order valence-corrected chi connectivity index (χ2v) is 7.40. The molecular formula is C11H22O3S. The molecule has 15 heavy (non-hydrogen) atoms. The van der Waals surface area contributed by atoms with Crippen LogP contribution in [0.1, 0.15) is 45.4 Å². The molecule has 0 aromatic carbocycles. The normalized spacial score (nSPS) is 32.9. The molecule has 0 spiro atoms. The van der Waals surface area contributed by atoms with Crippen molar-refractivity contribution >= 4 is 9.84 Å². The van der Waals surface area contributed by atoms with Crippen LogP contribution in [0.15, 0.2) is 0 Å². The molecule has 0 bridgehead atoms. The largest absolute Gasteiger partial charge is 0.390 e. The standard InChI is InChI=1S/C11H22O3S/c1-10-4-7-11(12,8-5-10)6-3-9-15(2,13)14/h10,12H,3-9H2,1-2H3. The third-order valence-corrected chi connectivity index (χ3v) is 4.39. The second-order valence-electron chi connectivity index (χ2n) is 5.14. The first-order chi connectivity index (χ1) is 6.81. The molecule has 0 saturated heterocycles. The predicted molar refractivity (Wildman–Crippen MR) is 61.5 cm³/mol. The molecule has 0 heterocycles. The van der Waals surface area contributed by atoms with E-state index in [1.165, 1.54) is 6.26 Å². The first-order valence-electron chi connectivity index (χ1n) is 5.71. The van der Waals surface area contributed by atoms with Crippen molar-refractivity contribution in [1.29, 1.82) is 0 Å². The van der Waals surface area contributed by atoms with Gasteiger partial charge in [-0.05, 0) is 44.4 Å². The van der Waals surface area contributed by atoms with Gasteiger partial charge in [0.15, 0.2) is 0 Å². The van der Waals surface area contributed by atoms with Crippen LogP contribution < -0.4 is 0 Å². The van der Waals surface area contributed by atoms with Gasteiger partial charge in [-0.2, -0.15) is 0 Å². The fourth-order valence-electron chi connectivity index (χ4n) is 2.21. The summed E-state index contributed by atoms with van der Waals surface area (Å²) in [6.45, 7) is 2.20. The number of hydrogen-bond donors (Lipinski definition) is 1. The summed E-state index contributed by atoms with van der Waals surface area (Å²) in [4.78, 5) is 0. The predicted octanol–water partition coefficient (Wildman–Crippen LogP) is 1.75. The molecule has 1 N–H and O–H groups in total.